The summed E-state index contributed by atoms with van der Waals surface area (Å²) in [5.74, 6) is 0. The summed E-state index contributed by atoms with van der Waals surface area (Å²) in [5.41, 5.74) is 0.0161. The molecule has 0 bridgehead atoms. The molecule has 0 aliphatic carbocycles. The minimum Gasteiger partial charge on any atom is -0.396 e. The van der Waals surface area contributed by atoms with E-state index < -0.39 is 0 Å². The van der Waals surface area contributed by atoms with Crippen LogP contribution in [0.1, 0.15) is 98.3 Å². The van der Waals surface area contributed by atoms with Gasteiger partial charge in [0, 0.05) is 13.2 Å². The fraction of sp³-hybridized carbons (Fsp3) is 1.00. The molecule has 0 aromatic carbocycles. The van der Waals surface area contributed by atoms with Crippen molar-refractivity contribution in [2.75, 3.05) is 13.2 Å². The maximum atomic E-state index is 9.43. The molecule has 160 valence electrons. The molecule has 2 heterocycles. The van der Waals surface area contributed by atoms with Gasteiger partial charge in [0.2, 0.25) is 0 Å². The highest BCUT2D eigenvalue weighted by Crippen LogP contribution is 2.33. The normalized spacial score (nSPS) is 29.6. The molecule has 0 saturated carbocycles. The molecule has 0 amide bonds. The summed E-state index contributed by atoms with van der Waals surface area (Å²) in [6.07, 6.45) is 14.1. The Bertz CT molecular complexity index is 421. The van der Waals surface area contributed by atoms with Crippen LogP contribution in [-0.2, 0) is 9.47 Å². The van der Waals surface area contributed by atoms with Gasteiger partial charge in [-0.3, -0.25) is 0 Å². The summed E-state index contributed by atoms with van der Waals surface area (Å²) in [6, 6.07) is 0. The number of aliphatic hydroxyl groups excluding tert-OH is 2. The Labute approximate surface area is 167 Å². The number of aliphatic hydroxyl groups is 2. The van der Waals surface area contributed by atoms with Crippen LogP contribution in [0.15, 0.2) is 0 Å². The van der Waals surface area contributed by atoms with Crippen LogP contribution in [0.5, 0.6) is 0 Å². The standard InChI is InChI=1S/C23H44O4/c1-22(2,16-24)14-6-9-20-11-10-18(26-20)7-5-8-19-12-13-21(27-19)15-23(3,4)17-25/h18-21,24-25H,5-17H2,1-4H3. The number of hydrogen-bond acceptors (Lipinski definition) is 4. The fourth-order valence-electron chi connectivity index (χ4n) is 4.49. The second kappa shape index (κ2) is 10.6. The Morgan fingerprint density at radius 3 is 1.63 bits per heavy atom. The molecule has 0 aromatic rings. The van der Waals surface area contributed by atoms with E-state index in [1.807, 2.05) is 0 Å². The van der Waals surface area contributed by atoms with Crippen molar-refractivity contribution in [2.45, 2.75) is 123 Å². The van der Waals surface area contributed by atoms with E-state index in [0.29, 0.717) is 24.4 Å². The Morgan fingerprint density at radius 2 is 1.11 bits per heavy atom. The Kier molecular flexibility index (Phi) is 9.05. The van der Waals surface area contributed by atoms with E-state index >= 15 is 0 Å². The third-order valence-corrected chi connectivity index (χ3v) is 6.46. The van der Waals surface area contributed by atoms with E-state index in [1.165, 1.54) is 25.7 Å². The maximum absolute atomic E-state index is 9.43. The van der Waals surface area contributed by atoms with Crippen molar-refractivity contribution in [2.24, 2.45) is 10.8 Å². The van der Waals surface area contributed by atoms with E-state index in [1.54, 1.807) is 0 Å². The van der Waals surface area contributed by atoms with Crippen LogP contribution in [-0.4, -0.2) is 47.8 Å². The highest BCUT2D eigenvalue weighted by molar-refractivity contribution is 4.81. The van der Waals surface area contributed by atoms with Gasteiger partial charge in [0.1, 0.15) is 0 Å². The topological polar surface area (TPSA) is 58.9 Å². The van der Waals surface area contributed by atoms with Gasteiger partial charge < -0.3 is 19.7 Å². The summed E-state index contributed by atoms with van der Waals surface area (Å²) in [6.45, 7) is 8.99. The smallest absolute Gasteiger partial charge is 0.0585 e. The minimum absolute atomic E-state index is 0.0291. The summed E-state index contributed by atoms with van der Waals surface area (Å²) in [5, 5.41) is 18.8. The Morgan fingerprint density at radius 1 is 0.667 bits per heavy atom. The SMILES string of the molecule is CC(C)(CO)CCCC1CCC(CCCC2CCC(CC(C)(C)CO)O2)O1. The van der Waals surface area contributed by atoms with Crippen molar-refractivity contribution in [3.63, 3.8) is 0 Å². The molecule has 4 atom stereocenters. The second-order valence-corrected chi connectivity index (χ2v) is 10.6. The number of rotatable bonds is 12. The lowest BCUT2D eigenvalue weighted by molar-refractivity contribution is -0.000347. The van der Waals surface area contributed by atoms with E-state index in [-0.39, 0.29) is 24.0 Å². The summed E-state index contributed by atoms with van der Waals surface area (Å²) < 4.78 is 12.5. The summed E-state index contributed by atoms with van der Waals surface area (Å²) in [4.78, 5) is 0. The van der Waals surface area contributed by atoms with Crippen molar-refractivity contribution < 1.29 is 19.7 Å². The fourth-order valence-corrected chi connectivity index (χ4v) is 4.49. The maximum Gasteiger partial charge on any atom is 0.0585 e. The molecule has 4 nitrogen and oxygen atoms in total. The largest absolute Gasteiger partial charge is 0.396 e. The van der Waals surface area contributed by atoms with E-state index in [0.717, 1.165) is 44.9 Å². The Hall–Kier alpha value is -0.160. The van der Waals surface area contributed by atoms with Crippen molar-refractivity contribution >= 4 is 0 Å². The lowest BCUT2D eigenvalue weighted by atomic mass is 9.87. The van der Waals surface area contributed by atoms with Gasteiger partial charge in [0.15, 0.2) is 0 Å². The summed E-state index contributed by atoms with van der Waals surface area (Å²) in [7, 11) is 0. The van der Waals surface area contributed by atoms with Crippen LogP contribution in [0.4, 0.5) is 0 Å². The molecule has 2 saturated heterocycles. The first-order valence-corrected chi connectivity index (χ1v) is 11.3. The molecule has 2 rings (SSSR count). The van der Waals surface area contributed by atoms with Gasteiger partial charge in [0.05, 0.1) is 24.4 Å². The average Bonchev–Trinajstić information content (AvgIpc) is 3.24. The molecule has 0 aromatic heterocycles. The molecular weight excluding hydrogens is 340 g/mol. The molecule has 2 N–H and O–H groups in total. The monoisotopic (exact) mass is 384 g/mol. The average molecular weight is 385 g/mol. The van der Waals surface area contributed by atoms with E-state index in [9.17, 15) is 10.2 Å². The Balaban J connectivity index is 1.54. The first kappa shape index (κ1) is 23.1. The van der Waals surface area contributed by atoms with Gasteiger partial charge in [-0.1, -0.05) is 34.1 Å². The molecule has 0 radical (unpaired) electrons. The molecule has 27 heavy (non-hydrogen) atoms. The summed E-state index contributed by atoms with van der Waals surface area (Å²) >= 11 is 0. The van der Waals surface area contributed by atoms with Crippen molar-refractivity contribution in [1.82, 2.24) is 0 Å². The molecular formula is C23H44O4. The minimum atomic E-state index is -0.0291. The van der Waals surface area contributed by atoms with E-state index in [4.69, 9.17) is 9.47 Å². The quantitative estimate of drug-likeness (QED) is 0.505. The van der Waals surface area contributed by atoms with Gasteiger partial charge in [-0.25, -0.2) is 0 Å². The molecule has 4 heteroatoms. The van der Waals surface area contributed by atoms with Gasteiger partial charge in [-0.05, 0) is 75.0 Å². The van der Waals surface area contributed by atoms with Gasteiger partial charge in [-0.15, -0.1) is 0 Å². The highest BCUT2D eigenvalue weighted by atomic mass is 16.5. The molecule has 0 spiro atoms. The van der Waals surface area contributed by atoms with Crippen LogP contribution in [0.2, 0.25) is 0 Å². The van der Waals surface area contributed by atoms with Crippen LogP contribution in [0.3, 0.4) is 0 Å². The van der Waals surface area contributed by atoms with Gasteiger partial charge in [0.25, 0.3) is 0 Å². The zero-order chi connectivity index (χ0) is 19.9. The second-order valence-electron chi connectivity index (χ2n) is 10.6. The van der Waals surface area contributed by atoms with Crippen molar-refractivity contribution in [3.8, 4) is 0 Å². The third kappa shape index (κ3) is 8.39. The number of hydrogen-bond donors (Lipinski definition) is 2. The molecule has 2 fully saturated rings. The highest BCUT2D eigenvalue weighted by Gasteiger charge is 2.31. The third-order valence-electron chi connectivity index (χ3n) is 6.46. The lowest BCUT2D eigenvalue weighted by Gasteiger charge is -2.25. The predicted octanol–water partition coefficient (Wildman–Crippen LogP) is 4.85. The van der Waals surface area contributed by atoms with Crippen LogP contribution >= 0.6 is 0 Å². The predicted molar refractivity (Wildman–Crippen MR) is 110 cm³/mol. The van der Waals surface area contributed by atoms with Gasteiger partial charge in [-0.2, -0.15) is 0 Å². The molecule has 4 unspecified atom stereocenters. The molecule has 2 aliphatic rings. The van der Waals surface area contributed by atoms with Crippen LogP contribution in [0.25, 0.3) is 0 Å². The van der Waals surface area contributed by atoms with Crippen molar-refractivity contribution in [1.29, 1.82) is 0 Å². The first-order chi connectivity index (χ1) is 12.7. The molecule has 2 aliphatic heterocycles. The van der Waals surface area contributed by atoms with Crippen LogP contribution < -0.4 is 0 Å². The number of ether oxygens (including phenoxy) is 2. The first-order valence-electron chi connectivity index (χ1n) is 11.3. The zero-order valence-electron chi connectivity index (χ0n) is 18.2. The van der Waals surface area contributed by atoms with Crippen LogP contribution in [0, 0.1) is 10.8 Å². The van der Waals surface area contributed by atoms with E-state index in [2.05, 4.69) is 27.7 Å². The van der Waals surface area contributed by atoms with Crippen molar-refractivity contribution in [3.05, 3.63) is 0 Å². The zero-order valence-corrected chi connectivity index (χ0v) is 18.2. The van der Waals surface area contributed by atoms with Gasteiger partial charge >= 0.3 is 0 Å². The lowest BCUT2D eigenvalue weighted by Crippen LogP contribution is -2.24.